The Labute approximate surface area is 59.6 Å². The first-order valence-electron chi connectivity index (χ1n) is 3.77. The van der Waals surface area contributed by atoms with Crippen LogP contribution in [-0.2, 0) is 4.94 Å². The molecule has 1 N–H and O–H groups in total. The summed E-state index contributed by atoms with van der Waals surface area (Å²) in [7, 11) is 0. The highest BCUT2D eigenvalue weighted by molar-refractivity contribution is 4.86. The lowest BCUT2D eigenvalue weighted by molar-refractivity contribution is -0.137. The molecule has 0 aromatic carbocycles. The third kappa shape index (κ3) is 0.932. The van der Waals surface area contributed by atoms with Crippen molar-refractivity contribution in [1.82, 2.24) is 10.7 Å². The summed E-state index contributed by atoms with van der Waals surface area (Å²) in [5, 5.41) is 11.5. The van der Waals surface area contributed by atoms with E-state index in [4.69, 9.17) is 0 Å². The SMILES string of the molecule is [O-]N1ONC2CCCCC21. The third-order valence-electron chi connectivity index (χ3n) is 2.29. The van der Waals surface area contributed by atoms with Crippen molar-refractivity contribution in [2.75, 3.05) is 0 Å². The van der Waals surface area contributed by atoms with Gasteiger partial charge in [0.2, 0.25) is 0 Å². The van der Waals surface area contributed by atoms with Crippen molar-refractivity contribution in [3.63, 3.8) is 0 Å². The van der Waals surface area contributed by atoms with Crippen molar-refractivity contribution < 1.29 is 4.94 Å². The zero-order chi connectivity index (χ0) is 6.97. The Morgan fingerprint density at radius 2 is 2.20 bits per heavy atom. The number of fused-ring (bicyclic) bond motifs is 1. The number of hydrogen-bond acceptors (Lipinski definition) is 4. The van der Waals surface area contributed by atoms with E-state index in [0.717, 1.165) is 19.3 Å². The molecule has 2 atom stereocenters. The summed E-state index contributed by atoms with van der Waals surface area (Å²) >= 11 is 0. The van der Waals surface area contributed by atoms with Crippen molar-refractivity contribution >= 4 is 0 Å². The lowest BCUT2D eigenvalue weighted by atomic mass is 9.92. The summed E-state index contributed by atoms with van der Waals surface area (Å²) < 4.78 is 0. The van der Waals surface area contributed by atoms with Crippen molar-refractivity contribution in [3.8, 4) is 0 Å². The van der Waals surface area contributed by atoms with E-state index in [1.165, 1.54) is 6.42 Å². The molecule has 0 bridgehead atoms. The molecule has 2 unspecified atom stereocenters. The molecule has 4 nitrogen and oxygen atoms in total. The summed E-state index contributed by atoms with van der Waals surface area (Å²) in [4.78, 5) is 4.63. The molecule has 1 aliphatic heterocycles. The van der Waals surface area contributed by atoms with E-state index in [0.29, 0.717) is 5.23 Å². The fourth-order valence-electron chi connectivity index (χ4n) is 1.69. The molecule has 1 heterocycles. The summed E-state index contributed by atoms with van der Waals surface area (Å²) in [5.41, 5.74) is 2.72. The van der Waals surface area contributed by atoms with Gasteiger partial charge in [-0.3, -0.25) is 0 Å². The van der Waals surface area contributed by atoms with Gasteiger partial charge in [0.1, 0.15) is 0 Å². The van der Waals surface area contributed by atoms with Gasteiger partial charge >= 0.3 is 0 Å². The first kappa shape index (κ1) is 6.54. The van der Waals surface area contributed by atoms with Gasteiger partial charge in [-0.25, -0.2) is 10.2 Å². The van der Waals surface area contributed by atoms with E-state index in [2.05, 4.69) is 10.4 Å². The van der Waals surface area contributed by atoms with Crippen LogP contribution >= 0.6 is 0 Å². The highest BCUT2D eigenvalue weighted by Gasteiger charge is 2.32. The minimum atomic E-state index is 0.0775. The van der Waals surface area contributed by atoms with Gasteiger partial charge in [0.15, 0.2) is 0 Å². The average Bonchev–Trinajstić information content (AvgIpc) is 2.34. The molecule has 4 heteroatoms. The second-order valence-corrected chi connectivity index (χ2v) is 2.95. The van der Waals surface area contributed by atoms with Crippen LogP contribution in [0.3, 0.4) is 0 Å². The summed E-state index contributed by atoms with van der Waals surface area (Å²) in [6.45, 7) is 0. The van der Waals surface area contributed by atoms with Crippen LogP contribution in [0.25, 0.3) is 0 Å². The van der Waals surface area contributed by atoms with Gasteiger partial charge in [-0.15, -0.1) is 0 Å². The van der Waals surface area contributed by atoms with Gasteiger partial charge in [0, 0.05) is 6.04 Å². The van der Waals surface area contributed by atoms with Crippen LogP contribution in [0.2, 0.25) is 0 Å². The van der Waals surface area contributed by atoms with Gasteiger partial charge < -0.3 is 5.21 Å². The molecular weight excluding hydrogens is 132 g/mol. The number of nitrogens with one attached hydrogen (secondary N) is 1. The fourth-order valence-corrected chi connectivity index (χ4v) is 1.69. The third-order valence-corrected chi connectivity index (χ3v) is 2.29. The molecule has 0 spiro atoms. The van der Waals surface area contributed by atoms with Gasteiger partial charge in [-0.2, -0.15) is 5.48 Å². The monoisotopic (exact) mass is 143 g/mol. The molecule has 2 fully saturated rings. The summed E-state index contributed by atoms with van der Waals surface area (Å²) in [5.74, 6) is 0. The van der Waals surface area contributed by atoms with Crippen molar-refractivity contribution in [2.45, 2.75) is 37.8 Å². The molecule has 10 heavy (non-hydrogen) atoms. The van der Waals surface area contributed by atoms with Crippen LogP contribution in [0.1, 0.15) is 25.7 Å². The van der Waals surface area contributed by atoms with Gasteiger partial charge in [0.25, 0.3) is 0 Å². The fraction of sp³-hybridized carbons (Fsp3) is 1.00. The zero-order valence-electron chi connectivity index (χ0n) is 5.75. The Kier molecular flexibility index (Phi) is 1.61. The maximum absolute atomic E-state index is 10.8. The summed E-state index contributed by atoms with van der Waals surface area (Å²) in [6.07, 6.45) is 4.42. The Morgan fingerprint density at radius 3 is 3.00 bits per heavy atom. The Morgan fingerprint density at radius 1 is 1.40 bits per heavy atom. The van der Waals surface area contributed by atoms with Gasteiger partial charge in [-0.1, -0.05) is 12.8 Å². The standard InChI is InChI=1S/C6H11N2O2/c9-8-6-4-2-1-3-5(6)7-10-8/h5-7H,1-4H2/q-1. The van der Waals surface area contributed by atoms with E-state index in [-0.39, 0.29) is 12.1 Å². The first-order valence-corrected chi connectivity index (χ1v) is 3.77. The normalized spacial score (nSPS) is 41.7. The van der Waals surface area contributed by atoms with Crippen molar-refractivity contribution in [3.05, 3.63) is 5.21 Å². The average molecular weight is 143 g/mol. The Hall–Kier alpha value is -0.160. The first-order chi connectivity index (χ1) is 4.88. The molecule has 1 saturated heterocycles. The van der Waals surface area contributed by atoms with Crippen molar-refractivity contribution in [2.24, 2.45) is 0 Å². The van der Waals surface area contributed by atoms with Crippen LogP contribution in [-0.4, -0.2) is 17.3 Å². The van der Waals surface area contributed by atoms with Crippen LogP contribution in [0.5, 0.6) is 0 Å². The van der Waals surface area contributed by atoms with Gasteiger partial charge in [0.05, 0.1) is 6.04 Å². The molecule has 58 valence electrons. The van der Waals surface area contributed by atoms with E-state index in [1.54, 1.807) is 0 Å². The van der Waals surface area contributed by atoms with E-state index >= 15 is 0 Å². The maximum Gasteiger partial charge on any atom is 0.0509 e. The minimum absolute atomic E-state index is 0.0775. The molecule has 1 aliphatic carbocycles. The minimum Gasteiger partial charge on any atom is -0.760 e. The molecule has 0 aromatic heterocycles. The highest BCUT2D eigenvalue weighted by atomic mass is 17.0. The van der Waals surface area contributed by atoms with Crippen LogP contribution in [0, 0.1) is 5.21 Å². The number of rotatable bonds is 0. The van der Waals surface area contributed by atoms with Crippen molar-refractivity contribution in [1.29, 1.82) is 0 Å². The zero-order valence-corrected chi connectivity index (χ0v) is 5.75. The number of hydroxylamine groups is 3. The van der Waals surface area contributed by atoms with Gasteiger partial charge in [-0.05, 0) is 12.8 Å². The largest absolute Gasteiger partial charge is 0.760 e. The number of hydrogen-bond donors (Lipinski definition) is 1. The quantitative estimate of drug-likeness (QED) is 0.538. The highest BCUT2D eigenvalue weighted by Crippen LogP contribution is 2.26. The second-order valence-electron chi connectivity index (χ2n) is 2.95. The molecule has 0 radical (unpaired) electrons. The maximum atomic E-state index is 10.8. The lowest BCUT2D eigenvalue weighted by Gasteiger charge is -2.30. The number of nitrogens with zero attached hydrogens (tertiary/aromatic N) is 1. The molecule has 2 rings (SSSR count). The van der Waals surface area contributed by atoms with Crippen LogP contribution in [0.15, 0.2) is 0 Å². The lowest BCUT2D eigenvalue weighted by Crippen LogP contribution is -2.36. The topological polar surface area (TPSA) is 47.6 Å². The summed E-state index contributed by atoms with van der Waals surface area (Å²) in [6, 6.07) is 0.361. The molecule has 1 saturated carbocycles. The van der Waals surface area contributed by atoms with E-state index < -0.39 is 0 Å². The molecule has 0 aromatic rings. The van der Waals surface area contributed by atoms with Crippen LogP contribution < -0.4 is 5.48 Å². The predicted molar refractivity (Wildman–Crippen MR) is 35.5 cm³/mol. The smallest absolute Gasteiger partial charge is 0.0509 e. The Bertz CT molecular complexity index is 129. The Balaban J connectivity index is 2.01. The van der Waals surface area contributed by atoms with E-state index in [1.807, 2.05) is 0 Å². The van der Waals surface area contributed by atoms with E-state index in [9.17, 15) is 5.21 Å². The van der Waals surface area contributed by atoms with Crippen LogP contribution in [0.4, 0.5) is 0 Å². The molecular formula is C6H11N2O2-. The second kappa shape index (κ2) is 2.47. The molecule has 2 aliphatic rings. The predicted octanol–water partition coefficient (Wildman–Crippen LogP) is 0.547. The molecule has 0 amide bonds.